The molecule has 2 aromatic carbocycles. The van der Waals surface area contributed by atoms with Crippen LogP contribution < -0.4 is 10.1 Å². The smallest absolute Gasteiger partial charge is 0.244 e. The fourth-order valence-corrected chi connectivity index (χ4v) is 2.96. The minimum atomic E-state index is -0.339. The van der Waals surface area contributed by atoms with Crippen molar-refractivity contribution in [2.45, 2.75) is 13.2 Å². The van der Waals surface area contributed by atoms with Gasteiger partial charge in [0.2, 0.25) is 5.91 Å². The number of halogens is 1. The largest absolute Gasteiger partial charge is 0.489 e. The highest BCUT2D eigenvalue weighted by Crippen LogP contribution is 2.16. The summed E-state index contributed by atoms with van der Waals surface area (Å²) in [7, 11) is 0. The van der Waals surface area contributed by atoms with Crippen LogP contribution in [0.4, 0.5) is 4.39 Å². The van der Waals surface area contributed by atoms with Gasteiger partial charge >= 0.3 is 0 Å². The molecular weight excluding hydrogens is 381 g/mol. The molecule has 0 aliphatic rings. The van der Waals surface area contributed by atoms with Crippen LogP contribution in [0.15, 0.2) is 85.2 Å². The summed E-state index contributed by atoms with van der Waals surface area (Å²) in [6, 6.07) is 20.4. The van der Waals surface area contributed by atoms with Crippen LogP contribution in [0.2, 0.25) is 0 Å². The highest BCUT2D eigenvalue weighted by molar-refractivity contribution is 5.91. The van der Waals surface area contributed by atoms with Gasteiger partial charge in [0.25, 0.3) is 0 Å². The Morgan fingerprint density at radius 1 is 1.07 bits per heavy atom. The molecule has 0 fully saturated rings. The van der Waals surface area contributed by atoms with Gasteiger partial charge in [-0.15, -0.1) is 0 Å². The van der Waals surface area contributed by atoms with E-state index in [9.17, 15) is 9.18 Å². The molecule has 2 heterocycles. The molecule has 150 valence electrons. The molecule has 30 heavy (non-hydrogen) atoms. The first-order valence-corrected chi connectivity index (χ1v) is 9.51. The zero-order chi connectivity index (χ0) is 20.8. The van der Waals surface area contributed by atoms with Gasteiger partial charge in [-0.3, -0.25) is 4.79 Å². The van der Waals surface area contributed by atoms with Crippen LogP contribution in [-0.2, 0) is 17.9 Å². The van der Waals surface area contributed by atoms with Crippen molar-refractivity contribution in [3.63, 3.8) is 0 Å². The van der Waals surface area contributed by atoms with Crippen LogP contribution in [0.25, 0.3) is 11.7 Å². The van der Waals surface area contributed by atoms with Gasteiger partial charge in [-0.1, -0.05) is 42.5 Å². The topological polar surface area (TPSA) is 55.6 Å². The van der Waals surface area contributed by atoms with E-state index in [-0.39, 0.29) is 18.3 Å². The molecule has 1 amide bonds. The van der Waals surface area contributed by atoms with Gasteiger partial charge in [-0.25, -0.2) is 9.37 Å². The number of hydrogen-bond acceptors (Lipinski definition) is 3. The monoisotopic (exact) mass is 401 g/mol. The van der Waals surface area contributed by atoms with Crippen molar-refractivity contribution in [3.05, 3.63) is 108 Å². The zero-order valence-corrected chi connectivity index (χ0v) is 16.2. The third kappa shape index (κ3) is 5.11. The van der Waals surface area contributed by atoms with E-state index in [1.807, 2.05) is 54.6 Å². The van der Waals surface area contributed by atoms with Crippen LogP contribution in [0.3, 0.4) is 0 Å². The molecule has 0 bridgehead atoms. The summed E-state index contributed by atoms with van der Waals surface area (Å²) in [6.07, 6.45) is 6.23. The number of aromatic nitrogens is 2. The number of benzene rings is 2. The zero-order valence-electron chi connectivity index (χ0n) is 16.2. The molecule has 1 N–H and O–H groups in total. The maximum atomic E-state index is 13.2. The molecule has 2 aromatic heterocycles. The van der Waals surface area contributed by atoms with Crippen molar-refractivity contribution >= 4 is 17.6 Å². The van der Waals surface area contributed by atoms with Crippen LogP contribution >= 0.6 is 0 Å². The molecule has 0 aliphatic heterocycles. The Bertz CT molecular complexity index is 1190. The fraction of sp³-hybridized carbons (Fsp3) is 0.0833. The van der Waals surface area contributed by atoms with E-state index in [0.29, 0.717) is 17.9 Å². The van der Waals surface area contributed by atoms with Crippen molar-refractivity contribution in [1.29, 1.82) is 0 Å². The maximum absolute atomic E-state index is 13.2. The molecule has 4 rings (SSSR count). The first kappa shape index (κ1) is 19.4. The Labute approximate surface area is 173 Å². The van der Waals surface area contributed by atoms with E-state index < -0.39 is 0 Å². The summed E-state index contributed by atoms with van der Waals surface area (Å²) in [5.41, 5.74) is 3.23. The van der Waals surface area contributed by atoms with Crippen LogP contribution in [-0.4, -0.2) is 15.3 Å². The first-order valence-electron chi connectivity index (χ1n) is 9.51. The molecule has 0 spiro atoms. The van der Waals surface area contributed by atoms with Gasteiger partial charge in [0.15, 0.2) is 0 Å². The highest BCUT2D eigenvalue weighted by atomic mass is 19.1. The Hall–Kier alpha value is -3.93. The summed E-state index contributed by atoms with van der Waals surface area (Å²) in [5.74, 6) is 0.153. The summed E-state index contributed by atoms with van der Waals surface area (Å²) in [4.78, 5) is 16.5. The van der Waals surface area contributed by atoms with Gasteiger partial charge in [-0.05, 0) is 41.5 Å². The van der Waals surface area contributed by atoms with E-state index in [1.165, 1.54) is 18.3 Å². The normalized spacial score (nSPS) is 11.1. The predicted molar refractivity (Wildman–Crippen MR) is 113 cm³/mol. The number of fused-ring (bicyclic) bond motifs is 1. The average Bonchev–Trinajstić information content (AvgIpc) is 3.18. The van der Waals surface area contributed by atoms with E-state index in [1.54, 1.807) is 22.7 Å². The lowest BCUT2D eigenvalue weighted by molar-refractivity contribution is -0.116. The number of amides is 1. The van der Waals surface area contributed by atoms with Crippen LogP contribution in [0.5, 0.6) is 5.75 Å². The number of carbonyl (C=O) groups excluding carboxylic acids is 1. The summed E-state index contributed by atoms with van der Waals surface area (Å²) < 4.78 is 20.6. The number of pyridine rings is 1. The second-order valence-electron chi connectivity index (χ2n) is 6.74. The predicted octanol–water partition coefficient (Wildman–Crippen LogP) is 4.38. The minimum Gasteiger partial charge on any atom is -0.489 e. The molecule has 0 saturated heterocycles. The SMILES string of the molecule is O=C(/C=C/c1cccc(OCc2ccccc2)c1)NCc1cn2cc(F)ccc2n1. The summed E-state index contributed by atoms with van der Waals surface area (Å²) in [5, 5.41) is 2.78. The van der Waals surface area contributed by atoms with Gasteiger partial charge in [-0.2, -0.15) is 0 Å². The third-order valence-corrected chi connectivity index (χ3v) is 4.44. The van der Waals surface area contributed by atoms with E-state index in [2.05, 4.69) is 10.3 Å². The lowest BCUT2D eigenvalue weighted by Gasteiger charge is -2.07. The molecule has 0 aliphatic carbocycles. The minimum absolute atomic E-state index is 0.242. The number of nitrogens with one attached hydrogen (secondary N) is 1. The quantitative estimate of drug-likeness (QED) is 0.468. The molecule has 0 atom stereocenters. The van der Waals surface area contributed by atoms with Gasteiger partial charge in [0.1, 0.15) is 23.8 Å². The van der Waals surface area contributed by atoms with Gasteiger partial charge in [0.05, 0.1) is 12.2 Å². The Balaban J connectivity index is 1.31. The first-order chi connectivity index (χ1) is 14.7. The van der Waals surface area contributed by atoms with E-state index in [4.69, 9.17) is 4.74 Å². The Kier molecular flexibility index (Phi) is 5.85. The highest BCUT2D eigenvalue weighted by Gasteiger charge is 2.04. The molecule has 4 aromatic rings. The molecule has 0 unspecified atom stereocenters. The second kappa shape index (κ2) is 9.05. The summed E-state index contributed by atoms with van der Waals surface area (Å²) in [6.45, 7) is 0.740. The standard InChI is InChI=1S/C24H20FN3O2/c25-20-10-11-23-27-21(16-28(23)15-20)14-26-24(29)12-9-18-7-4-8-22(13-18)30-17-19-5-2-1-3-6-19/h1-13,15-16H,14,17H2,(H,26,29)/b12-9+. The maximum Gasteiger partial charge on any atom is 0.244 e. The summed E-state index contributed by atoms with van der Waals surface area (Å²) >= 11 is 0. The lowest BCUT2D eigenvalue weighted by atomic mass is 10.2. The van der Waals surface area contributed by atoms with Crippen molar-refractivity contribution in [1.82, 2.24) is 14.7 Å². The second-order valence-corrected chi connectivity index (χ2v) is 6.74. The molecule has 6 heteroatoms. The number of rotatable bonds is 7. The van der Waals surface area contributed by atoms with Gasteiger partial charge < -0.3 is 14.5 Å². The van der Waals surface area contributed by atoms with Gasteiger partial charge in [0, 0.05) is 18.5 Å². The Morgan fingerprint density at radius 3 is 2.80 bits per heavy atom. The average molecular weight is 401 g/mol. The number of nitrogens with zero attached hydrogens (tertiary/aromatic N) is 2. The lowest BCUT2D eigenvalue weighted by Crippen LogP contribution is -2.20. The number of carbonyl (C=O) groups is 1. The van der Waals surface area contributed by atoms with Crippen molar-refractivity contribution < 1.29 is 13.9 Å². The molecular formula is C24H20FN3O2. The number of hydrogen-bond donors (Lipinski definition) is 1. The van der Waals surface area contributed by atoms with Crippen LogP contribution in [0.1, 0.15) is 16.8 Å². The molecule has 5 nitrogen and oxygen atoms in total. The molecule has 0 saturated carbocycles. The van der Waals surface area contributed by atoms with Crippen molar-refractivity contribution in [3.8, 4) is 5.75 Å². The third-order valence-electron chi connectivity index (χ3n) is 4.44. The Morgan fingerprint density at radius 2 is 1.93 bits per heavy atom. The number of imidazole rings is 1. The van der Waals surface area contributed by atoms with Crippen LogP contribution in [0, 0.1) is 5.82 Å². The molecule has 0 radical (unpaired) electrons. The fourth-order valence-electron chi connectivity index (χ4n) is 2.96. The van der Waals surface area contributed by atoms with E-state index in [0.717, 1.165) is 16.9 Å². The number of ether oxygens (including phenoxy) is 1. The van der Waals surface area contributed by atoms with E-state index >= 15 is 0 Å². The van der Waals surface area contributed by atoms with Crippen molar-refractivity contribution in [2.75, 3.05) is 0 Å². The van der Waals surface area contributed by atoms with Crippen molar-refractivity contribution in [2.24, 2.45) is 0 Å².